The van der Waals surface area contributed by atoms with Crippen molar-refractivity contribution in [1.82, 2.24) is 14.7 Å². The Morgan fingerprint density at radius 2 is 2.14 bits per heavy atom. The molecule has 1 aromatic carbocycles. The van der Waals surface area contributed by atoms with Crippen molar-refractivity contribution in [3.63, 3.8) is 0 Å². The lowest BCUT2D eigenvalue weighted by Gasteiger charge is -2.07. The number of hydrogen-bond acceptors (Lipinski definition) is 5. The summed E-state index contributed by atoms with van der Waals surface area (Å²) in [5.41, 5.74) is 6.41. The third-order valence-corrected chi connectivity index (χ3v) is 5.93. The molecule has 0 unspecified atom stereocenters. The zero-order valence-corrected chi connectivity index (χ0v) is 12.7. The topological polar surface area (TPSA) is 101 Å². The fourth-order valence-corrected chi connectivity index (χ4v) is 4.97. The van der Waals surface area contributed by atoms with Gasteiger partial charge in [-0.05, 0) is 6.07 Å². The number of benzene rings is 1. The van der Waals surface area contributed by atoms with Crippen LogP contribution in [0.1, 0.15) is 10.6 Å². The molecular formula is C13H14N4O2S2. The number of H-pyrrole nitrogens is 1. The lowest BCUT2D eigenvalue weighted by atomic mass is 10.2. The molecule has 0 fully saturated rings. The van der Waals surface area contributed by atoms with Gasteiger partial charge in [0.2, 0.25) is 10.0 Å². The minimum absolute atomic E-state index is 0.163. The predicted octanol–water partition coefficient (Wildman–Crippen LogP) is 1.56. The average molecular weight is 322 g/mol. The lowest BCUT2D eigenvalue weighted by Crippen LogP contribution is -2.24. The first-order valence-electron chi connectivity index (χ1n) is 6.29. The van der Waals surface area contributed by atoms with E-state index in [1.165, 1.54) is 17.7 Å². The molecule has 8 heteroatoms. The molecule has 4 N–H and O–H groups in total. The molecule has 0 radical (unpaired) electrons. The van der Waals surface area contributed by atoms with Crippen LogP contribution >= 0.6 is 11.3 Å². The summed E-state index contributed by atoms with van der Waals surface area (Å²) < 4.78 is 28.7. The Kier molecular flexibility index (Phi) is 3.77. The molecule has 2 aromatic heterocycles. The maximum atomic E-state index is 12.6. The number of rotatable bonds is 5. The van der Waals surface area contributed by atoms with E-state index in [-0.39, 0.29) is 18.0 Å². The van der Waals surface area contributed by atoms with Gasteiger partial charge in [-0.2, -0.15) is 0 Å². The van der Waals surface area contributed by atoms with Gasteiger partial charge in [0, 0.05) is 33.4 Å². The van der Waals surface area contributed by atoms with Crippen molar-refractivity contribution in [2.75, 3.05) is 0 Å². The van der Waals surface area contributed by atoms with Crippen molar-refractivity contribution in [3.05, 3.63) is 47.4 Å². The van der Waals surface area contributed by atoms with E-state index < -0.39 is 10.0 Å². The van der Waals surface area contributed by atoms with Crippen LogP contribution < -0.4 is 10.5 Å². The molecule has 3 rings (SSSR count). The van der Waals surface area contributed by atoms with Gasteiger partial charge in [0.15, 0.2) is 0 Å². The van der Waals surface area contributed by atoms with Crippen LogP contribution in [0.3, 0.4) is 0 Å². The number of nitrogens with zero attached hydrogens (tertiary/aromatic N) is 1. The standard InChI is InChI=1S/C13H14N4O2S2/c14-5-12-13(10-3-1-2-4-11(10)20-12)21(18,19)17-7-9-6-15-8-16-9/h1-4,6,8,17H,5,7,14H2,(H,15,16). The van der Waals surface area contributed by atoms with Crippen molar-refractivity contribution >= 4 is 31.4 Å². The Hall–Kier alpha value is -1.74. The van der Waals surface area contributed by atoms with Crippen LogP contribution in [-0.2, 0) is 23.1 Å². The second kappa shape index (κ2) is 5.57. The normalized spacial score (nSPS) is 12.0. The van der Waals surface area contributed by atoms with E-state index in [9.17, 15) is 8.42 Å². The summed E-state index contributed by atoms with van der Waals surface area (Å²) in [6.45, 7) is 0.357. The zero-order valence-electron chi connectivity index (χ0n) is 11.0. The molecule has 0 atom stereocenters. The Morgan fingerprint density at radius 3 is 2.86 bits per heavy atom. The van der Waals surface area contributed by atoms with E-state index in [2.05, 4.69) is 14.7 Å². The highest BCUT2D eigenvalue weighted by molar-refractivity contribution is 7.90. The average Bonchev–Trinajstić information content (AvgIpc) is 3.12. The molecule has 0 bridgehead atoms. The molecule has 0 saturated heterocycles. The van der Waals surface area contributed by atoms with Gasteiger partial charge < -0.3 is 10.7 Å². The first-order chi connectivity index (χ1) is 10.1. The summed E-state index contributed by atoms with van der Waals surface area (Å²) >= 11 is 1.41. The van der Waals surface area contributed by atoms with Crippen LogP contribution in [0.2, 0.25) is 0 Å². The lowest BCUT2D eigenvalue weighted by molar-refractivity contribution is 0.581. The van der Waals surface area contributed by atoms with Crippen LogP contribution in [0, 0.1) is 0 Å². The molecular weight excluding hydrogens is 308 g/mol. The maximum Gasteiger partial charge on any atom is 0.242 e. The van der Waals surface area contributed by atoms with Crippen LogP contribution in [0.5, 0.6) is 0 Å². The Labute approximate surface area is 126 Å². The van der Waals surface area contributed by atoms with Gasteiger partial charge in [0.05, 0.1) is 12.9 Å². The minimum Gasteiger partial charge on any atom is -0.347 e. The molecule has 0 saturated carbocycles. The maximum absolute atomic E-state index is 12.6. The summed E-state index contributed by atoms with van der Waals surface area (Å²) in [7, 11) is -3.63. The summed E-state index contributed by atoms with van der Waals surface area (Å²) in [4.78, 5) is 7.66. The summed E-state index contributed by atoms with van der Waals surface area (Å²) in [6.07, 6.45) is 3.09. The number of sulfonamides is 1. The Bertz CT molecular complexity index is 854. The fourth-order valence-electron chi connectivity index (χ4n) is 2.13. The number of nitrogens with one attached hydrogen (secondary N) is 2. The quantitative estimate of drug-likeness (QED) is 0.663. The Balaban J connectivity index is 2.01. The number of fused-ring (bicyclic) bond motifs is 1. The first-order valence-corrected chi connectivity index (χ1v) is 8.59. The van der Waals surface area contributed by atoms with Crippen LogP contribution in [0.4, 0.5) is 0 Å². The van der Waals surface area contributed by atoms with Crippen LogP contribution in [0.15, 0.2) is 41.7 Å². The van der Waals surface area contributed by atoms with Crippen LogP contribution in [0.25, 0.3) is 10.1 Å². The number of aromatic amines is 1. The van der Waals surface area contributed by atoms with Crippen molar-refractivity contribution < 1.29 is 8.42 Å². The largest absolute Gasteiger partial charge is 0.347 e. The van der Waals surface area contributed by atoms with Gasteiger partial charge in [-0.25, -0.2) is 18.1 Å². The SMILES string of the molecule is NCc1sc2ccccc2c1S(=O)(=O)NCc1cnc[nH]1. The predicted molar refractivity (Wildman–Crippen MR) is 82.3 cm³/mol. The molecule has 0 aliphatic carbocycles. The number of imidazole rings is 1. The number of aromatic nitrogens is 2. The molecule has 0 spiro atoms. The third-order valence-electron chi connectivity index (χ3n) is 3.08. The van der Waals surface area contributed by atoms with E-state index in [0.29, 0.717) is 16.0 Å². The molecule has 2 heterocycles. The molecule has 110 valence electrons. The second-order valence-electron chi connectivity index (χ2n) is 4.46. The molecule has 6 nitrogen and oxygen atoms in total. The number of nitrogens with two attached hydrogens (primary N) is 1. The van der Waals surface area contributed by atoms with Crippen molar-refractivity contribution in [2.45, 2.75) is 18.0 Å². The van der Waals surface area contributed by atoms with Crippen molar-refractivity contribution in [2.24, 2.45) is 5.73 Å². The van der Waals surface area contributed by atoms with Gasteiger partial charge in [0.25, 0.3) is 0 Å². The molecule has 3 aromatic rings. The zero-order chi connectivity index (χ0) is 14.9. The van der Waals surface area contributed by atoms with Gasteiger partial charge >= 0.3 is 0 Å². The molecule has 21 heavy (non-hydrogen) atoms. The second-order valence-corrected chi connectivity index (χ2v) is 7.30. The van der Waals surface area contributed by atoms with Crippen LogP contribution in [-0.4, -0.2) is 18.4 Å². The van der Waals surface area contributed by atoms with E-state index in [1.54, 1.807) is 12.3 Å². The molecule has 0 aliphatic heterocycles. The summed E-state index contributed by atoms with van der Waals surface area (Å²) in [5.74, 6) is 0. The summed E-state index contributed by atoms with van der Waals surface area (Å²) in [5, 5.41) is 0.708. The monoisotopic (exact) mass is 322 g/mol. The highest BCUT2D eigenvalue weighted by atomic mass is 32.2. The number of thiophene rings is 1. The number of hydrogen-bond donors (Lipinski definition) is 3. The van der Waals surface area contributed by atoms with Gasteiger partial charge in [0.1, 0.15) is 4.90 Å². The van der Waals surface area contributed by atoms with Gasteiger partial charge in [-0.1, -0.05) is 18.2 Å². The first kappa shape index (κ1) is 14.2. The minimum atomic E-state index is -3.63. The summed E-state index contributed by atoms with van der Waals surface area (Å²) in [6, 6.07) is 7.40. The fraction of sp³-hybridized carbons (Fsp3) is 0.154. The smallest absolute Gasteiger partial charge is 0.242 e. The van der Waals surface area contributed by atoms with E-state index >= 15 is 0 Å². The Morgan fingerprint density at radius 1 is 1.33 bits per heavy atom. The van der Waals surface area contributed by atoms with E-state index in [4.69, 9.17) is 5.73 Å². The molecule has 0 amide bonds. The van der Waals surface area contributed by atoms with Gasteiger partial charge in [-0.3, -0.25) is 0 Å². The third kappa shape index (κ3) is 2.70. The van der Waals surface area contributed by atoms with Gasteiger partial charge in [-0.15, -0.1) is 11.3 Å². The van der Waals surface area contributed by atoms with Crippen molar-refractivity contribution in [1.29, 1.82) is 0 Å². The van der Waals surface area contributed by atoms with E-state index in [0.717, 1.165) is 4.70 Å². The highest BCUT2D eigenvalue weighted by Crippen LogP contribution is 2.34. The van der Waals surface area contributed by atoms with Crippen molar-refractivity contribution in [3.8, 4) is 0 Å². The van der Waals surface area contributed by atoms with E-state index in [1.807, 2.05) is 18.2 Å². The molecule has 0 aliphatic rings. The highest BCUT2D eigenvalue weighted by Gasteiger charge is 2.23.